The second-order valence-electron chi connectivity index (χ2n) is 8.20. The molecule has 37 heavy (non-hydrogen) atoms. The van der Waals surface area contributed by atoms with E-state index in [2.05, 4.69) is 28.1 Å². The monoisotopic (exact) mass is 487 g/mol. The summed E-state index contributed by atoms with van der Waals surface area (Å²) in [6.07, 6.45) is 4.91. The summed E-state index contributed by atoms with van der Waals surface area (Å²) in [5, 5.41) is 2.15. The molecule has 0 spiro atoms. The third-order valence-corrected chi connectivity index (χ3v) is 5.58. The number of allylic oxidation sites excluding steroid dienone is 2. The molecule has 0 N–H and O–H groups in total. The molecule has 0 bridgehead atoms. The van der Waals surface area contributed by atoms with Crippen LogP contribution in [0.3, 0.4) is 0 Å². The Kier molecular flexibility index (Phi) is 7.18. The largest absolute Gasteiger partial charge is 0.424 e. The minimum Gasteiger partial charge on any atom is -0.424 e. The Hall–Kier alpha value is -4.97. The lowest BCUT2D eigenvalue weighted by Gasteiger charge is -2.12. The highest BCUT2D eigenvalue weighted by atomic mass is 16.5. The normalized spacial score (nSPS) is 10.6. The van der Waals surface area contributed by atoms with Crippen LogP contribution in [0, 0.1) is 0 Å². The fourth-order valence-electron chi connectivity index (χ4n) is 3.85. The molecular formula is C31H25N3O3. The zero-order valence-corrected chi connectivity index (χ0v) is 20.2. The third-order valence-electron chi connectivity index (χ3n) is 5.58. The van der Waals surface area contributed by atoms with Crippen molar-refractivity contribution in [2.75, 3.05) is 0 Å². The van der Waals surface area contributed by atoms with Crippen LogP contribution < -0.4 is 14.2 Å². The number of rotatable bonds is 10. The highest BCUT2D eigenvalue weighted by Gasteiger charge is 2.15. The van der Waals surface area contributed by atoms with Crippen LogP contribution in [0.25, 0.3) is 10.8 Å². The molecule has 0 aliphatic rings. The highest BCUT2D eigenvalue weighted by molar-refractivity contribution is 5.83. The van der Waals surface area contributed by atoms with Crippen LogP contribution in [-0.2, 0) is 12.8 Å². The lowest BCUT2D eigenvalue weighted by atomic mass is 10.1. The van der Waals surface area contributed by atoms with Crippen LogP contribution in [0.2, 0.25) is 0 Å². The predicted octanol–water partition coefficient (Wildman–Crippen LogP) is 7.86. The first-order valence-corrected chi connectivity index (χ1v) is 11.9. The Morgan fingerprint density at radius 2 is 1.03 bits per heavy atom. The van der Waals surface area contributed by atoms with Crippen molar-refractivity contribution >= 4 is 10.8 Å². The molecule has 1 aromatic heterocycles. The molecule has 0 radical (unpaired) electrons. The molecule has 0 saturated heterocycles. The van der Waals surface area contributed by atoms with Crippen LogP contribution in [0.15, 0.2) is 116 Å². The van der Waals surface area contributed by atoms with Crippen molar-refractivity contribution in [3.8, 4) is 35.3 Å². The summed E-state index contributed by atoms with van der Waals surface area (Å²) < 4.78 is 18.2. The summed E-state index contributed by atoms with van der Waals surface area (Å²) in [5.74, 6) is 1.81. The summed E-state index contributed by atoms with van der Waals surface area (Å²) in [6, 6.07) is 29.3. The van der Waals surface area contributed by atoms with Gasteiger partial charge in [0.1, 0.15) is 17.2 Å². The van der Waals surface area contributed by atoms with Gasteiger partial charge in [0, 0.05) is 0 Å². The molecule has 0 amide bonds. The van der Waals surface area contributed by atoms with Crippen molar-refractivity contribution in [3.05, 3.63) is 127 Å². The number of aromatic nitrogens is 3. The molecule has 0 unspecified atom stereocenters. The Labute approximate surface area is 215 Å². The zero-order valence-electron chi connectivity index (χ0n) is 20.2. The smallest absolute Gasteiger partial charge is 0.331 e. The van der Waals surface area contributed by atoms with Crippen LogP contribution in [0.5, 0.6) is 35.3 Å². The average molecular weight is 488 g/mol. The molecule has 182 valence electrons. The average Bonchev–Trinajstić information content (AvgIpc) is 2.91. The maximum absolute atomic E-state index is 6.08. The fourth-order valence-corrected chi connectivity index (χ4v) is 3.85. The molecule has 6 heteroatoms. The van der Waals surface area contributed by atoms with Crippen molar-refractivity contribution in [1.82, 2.24) is 15.0 Å². The van der Waals surface area contributed by atoms with E-state index in [4.69, 9.17) is 14.2 Å². The second kappa shape index (κ2) is 11.2. The van der Waals surface area contributed by atoms with Gasteiger partial charge in [0.05, 0.1) is 0 Å². The summed E-state index contributed by atoms with van der Waals surface area (Å²) in [6.45, 7) is 7.65. The summed E-state index contributed by atoms with van der Waals surface area (Å²) in [7, 11) is 0. The molecule has 0 saturated carbocycles. The van der Waals surface area contributed by atoms with Crippen LogP contribution in [0.1, 0.15) is 11.1 Å². The SMILES string of the molecule is C=CCc1ccccc1Oc1nc(Oc2ccc3ccccc3c2)nc(Oc2ccccc2CC=C)n1. The Morgan fingerprint density at radius 3 is 1.59 bits per heavy atom. The molecule has 6 nitrogen and oxygen atoms in total. The lowest BCUT2D eigenvalue weighted by Crippen LogP contribution is -2.03. The molecule has 5 aromatic rings. The minimum atomic E-state index is 0.0534. The van der Waals surface area contributed by atoms with Gasteiger partial charge in [-0.25, -0.2) is 0 Å². The van der Waals surface area contributed by atoms with E-state index in [0.29, 0.717) is 30.1 Å². The summed E-state index contributed by atoms with van der Waals surface area (Å²) >= 11 is 0. The van der Waals surface area contributed by atoms with E-state index in [1.165, 1.54) is 0 Å². The van der Waals surface area contributed by atoms with E-state index >= 15 is 0 Å². The predicted molar refractivity (Wildman–Crippen MR) is 145 cm³/mol. The molecular weight excluding hydrogens is 462 g/mol. The number of hydrogen-bond acceptors (Lipinski definition) is 6. The van der Waals surface area contributed by atoms with Gasteiger partial charge in [-0.15, -0.1) is 28.1 Å². The van der Waals surface area contributed by atoms with Gasteiger partial charge >= 0.3 is 18.0 Å². The van der Waals surface area contributed by atoms with Gasteiger partial charge in [0.25, 0.3) is 0 Å². The fraction of sp³-hybridized carbons (Fsp3) is 0.0645. The first kappa shape index (κ1) is 23.8. The van der Waals surface area contributed by atoms with Crippen molar-refractivity contribution in [2.24, 2.45) is 0 Å². The number of para-hydroxylation sites is 2. The number of nitrogens with zero attached hydrogens (tertiary/aromatic N) is 3. The maximum Gasteiger partial charge on any atom is 0.331 e. The van der Waals surface area contributed by atoms with E-state index in [9.17, 15) is 0 Å². The number of benzene rings is 4. The minimum absolute atomic E-state index is 0.0534. The second-order valence-corrected chi connectivity index (χ2v) is 8.20. The molecule has 4 aromatic carbocycles. The van der Waals surface area contributed by atoms with Gasteiger partial charge in [-0.1, -0.05) is 78.9 Å². The van der Waals surface area contributed by atoms with Gasteiger partial charge in [-0.2, -0.15) is 0 Å². The topological polar surface area (TPSA) is 66.4 Å². The Morgan fingerprint density at radius 1 is 0.541 bits per heavy atom. The number of ether oxygens (including phenoxy) is 3. The number of hydrogen-bond donors (Lipinski definition) is 0. The van der Waals surface area contributed by atoms with E-state index in [1.54, 1.807) is 0 Å². The number of fused-ring (bicyclic) bond motifs is 1. The molecule has 0 aliphatic carbocycles. The van der Waals surface area contributed by atoms with Crippen molar-refractivity contribution < 1.29 is 14.2 Å². The molecule has 0 atom stereocenters. The molecule has 0 fully saturated rings. The van der Waals surface area contributed by atoms with Gasteiger partial charge in [0.2, 0.25) is 0 Å². The lowest BCUT2D eigenvalue weighted by molar-refractivity contribution is 0.360. The van der Waals surface area contributed by atoms with Crippen LogP contribution in [0.4, 0.5) is 0 Å². The maximum atomic E-state index is 6.08. The van der Waals surface area contributed by atoms with E-state index in [-0.39, 0.29) is 18.0 Å². The van der Waals surface area contributed by atoms with Gasteiger partial charge < -0.3 is 14.2 Å². The quantitative estimate of drug-likeness (QED) is 0.187. The van der Waals surface area contributed by atoms with E-state index in [1.807, 2.05) is 103 Å². The first-order valence-electron chi connectivity index (χ1n) is 11.9. The standard InChI is InChI=1S/C31H25N3O3/c1-3-11-23-14-7-9-17-27(23)36-30-32-29(35-26-20-19-22-13-5-6-16-25(22)21-26)33-31(34-30)37-28-18-10-8-15-24(28)12-4-2/h3-10,13-21H,1-2,11-12H2. The molecule has 1 heterocycles. The third kappa shape index (κ3) is 5.82. The van der Waals surface area contributed by atoms with Gasteiger partial charge in [0.15, 0.2) is 0 Å². The van der Waals surface area contributed by atoms with Crippen LogP contribution >= 0.6 is 0 Å². The molecule has 5 rings (SSSR count). The van der Waals surface area contributed by atoms with Crippen molar-refractivity contribution in [1.29, 1.82) is 0 Å². The summed E-state index contributed by atoms with van der Waals surface area (Å²) in [5.41, 5.74) is 1.91. The van der Waals surface area contributed by atoms with Crippen molar-refractivity contribution in [2.45, 2.75) is 12.8 Å². The first-order chi connectivity index (χ1) is 18.2. The zero-order chi connectivity index (χ0) is 25.5. The Balaban J connectivity index is 1.51. The van der Waals surface area contributed by atoms with Gasteiger partial charge in [-0.05, 0) is 59.0 Å². The van der Waals surface area contributed by atoms with Gasteiger partial charge in [-0.3, -0.25) is 0 Å². The van der Waals surface area contributed by atoms with Crippen molar-refractivity contribution in [3.63, 3.8) is 0 Å². The molecule has 0 aliphatic heterocycles. The van der Waals surface area contributed by atoms with E-state index < -0.39 is 0 Å². The van der Waals surface area contributed by atoms with E-state index in [0.717, 1.165) is 21.9 Å². The highest BCUT2D eigenvalue weighted by Crippen LogP contribution is 2.31. The van der Waals surface area contributed by atoms with Crippen LogP contribution in [-0.4, -0.2) is 15.0 Å². The summed E-state index contributed by atoms with van der Waals surface area (Å²) in [4.78, 5) is 13.3. The Bertz CT molecular complexity index is 1490.